The van der Waals surface area contributed by atoms with Gasteiger partial charge in [-0.25, -0.2) is 0 Å². The van der Waals surface area contributed by atoms with E-state index in [9.17, 15) is 0 Å². The molecular weight excluding hydrogens is 158 g/mol. The van der Waals surface area contributed by atoms with Gasteiger partial charge in [0.1, 0.15) is 0 Å². The lowest BCUT2D eigenvalue weighted by molar-refractivity contribution is 0.422. The maximum Gasteiger partial charge on any atom is 0.0229 e. The molecule has 1 fully saturated rings. The van der Waals surface area contributed by atoms with Crippen molar-refractivity contribution < 1.29 is 0 Å². The summed E-state index contributed by atoms with van der Waals surface area (Å²) in [6, 6.07) is 0.614. The van der Waals surface area contributed by atoms with E-state index in [1.165, 1.54) is 19.3 Å². The summed E-state index contributed by atoms with van der Waals surface area (Å²) in [5, 5.41) is 3.47. The first kappa shape index (κ1) is 9.34. The SMILES string of the molecule is CC(C)NCC1(CCCl)CC1. The van der Waals surface area contributed by atoms with E-state index in [1.807, 2.05) is 0 Å². The van der Waals surface area contributed by atoms with Crippen molar-refractivity contribution in [1.29, 1.82) is 0 Å². The summed E-state index contributed by atoms with van der Waals surface area (Å²) in [4.78, 5) is 0. The highest BCUT2D eigenvalue weighted by atomic mass is 35.5. The molecule has 0 aromatic carbocycles. The molecule has 1 saturated carbocycles. The van der Waals surface area contributed by atoms with Crippen LogP contribution in [0.1, 0.15) is 33.1 Å². The number of rotatable bonds is 5. The van der Waals surface area contributed by atoms with Crippen LogP contribution in [-0.2, 0) is 0 Å². The molecule has 1 aliphatic rings. The van der Waals surface area contributed by atoms with Crippen LogP contribution in [0.25, 0.3) is 0 Å². The fourth-order valence-electron chi connectivity index (χ4n) is 1.31. The van der Waals surface area contributed by atoms with Crippen molar-refractivity contribution in [2.75, 3.05) is 12.4 Å². The molecule has 0 heterocycles. The second kappa shape index (κ2) is 3.77. The molecule has 1 rings (SSSR count). The molecule has 0 spiro atoms. The smallest absolute Gasteiger partial charge is 0.0229 e. The van der Waals surface area contributed by atoms with Crippen molar-refractivity contribution in [3.63, 3.8) is 0 Å². The monoisotopic (exact) mass is 175 g/mol. The Bertz CT molecular complexity index is 119. The number of alkyl halides is 1. The molecule has 0 amide bonds. The van der Waals surface area contributed by atoms with Gasteiger partial charge in [0.2, 0.25) is 0 Å². The van der Waals surface area contributed by atoms with Crippen LogP contribution >= 0.6 is 11.6 Å². The summed E-state index contributed by atoms with van der Waals surface area (Å²) in [6.07, 6.45) is 3.94. The molecule has 11 heavy (non-hydrogen) atoms. The largest absolute Gasteiger partial charge is 0.314 e. The van der Waals surface area contributed by atoms with Crippen molar-refractivity contribution in [2.45, 2.75) is 39.2 Å². The number of halogens is 1. The zero-order chi connectivity index (χ0) is 8.32. The predicted molar refractivity (Wildman–Crippen MR) is 50.1 cm³/mol. The zero-order valence-corrected chi connectivity index (χ0v) is 8.25. The van der Waals surface area contributed by atoms with Gasteiger partial charge in [-0.15, -0.1) is 11.6 Å². The Morgan fingerprint density at radius 1 is 1.45 bits per heavy atom. The van der Waals surface area contributed by atoms with E-state index in [4.69, 9.17) is 11.6 Å². The molecule has 1 nitrogen and oxygen atoms in total. The van der Waals surface area contributed by atoms with Crippen LogP contribution in [0.3, 0.4) is 0 Å². The predicted octanol–water partition coefficient (Wildman–Crippen LogP) is 2.39. The van der Waals surface area contributed by atoms with Gasteiger partial charge in [-0.3, -0.25) is 0 Å². The van der Waals surface area contributed by atoms with E-state index in [0.29, 0.717) is 11.5 Å². The Morgan fingerprint density at radius 3 is 2.45 bits per heavy atom. The van der Waals surface area contributed by atoms with E-state index in [0.717, 1.165) is 12.4 Å². The van der Waals surface area contributed by atoms with Crippen molar-refractivity contribution >= 4 is 11.6 Å². The zero-order valence-electron chi connectivity index (χ0n) is 7.49. The topological polar surface area (TPSA) is 12.0 Å². The molecule has 0 unspecified atom stereocenters. The third-order valence-corrected chi connectivity index (χ3v) is 2.66. The number of hydrogen-bond acceptors (Lipinski definition) is 1. The van der Waals surface area contributed by atoms with E-state index < -0.39 is 0 Å². The molecule has 0 bridgehead atoms. The van der Waals surface area contributed by atoms with Crippen molar-refractivity contribution in [2.24, 2.45) is 5.41 Å². The molecular formula is C9H18ClN. The Labute approximate surface area is 74.5 Å². The first-order valence-corrected chi connectivity index (χ1v) is 5.01. The van der Waals surface area contributed by atoms with Crippen LogP contribution in [0.2, 0.25) is 0 Å². The van der Waals surface area contributed by atoms with Crippen LogP contribution in [0.4, 0.5) is 0 Å². The molecule has 0 aliphatic heterocycles. The molecule has 0 aromatic heterocycles. The van der Waals surface area contributed by atoms with Crippen LogP contribution in [0.5, 0.6) is 0 Å². The van der Waals surface area contributed by atoms with Gasteiger partial charge >= 0.3 is 0 Å². The third kappa shape index (κ3) is 3.00. The fourth-order valence-corrected chi connectivity index (χ4v) is 1.71. The third-order valence-electron chi connectivity index (χ3n) is 2.47. The average Bonchev–Trinajstić information content (AvgIpc) is 2.67. The Kier molecular flexibility index (Phi) is 3.20. The lowest BCUT2D eigenvalue weighted by Crippen LogP contribution is -2.30. The van der Waals surface area contributed by atoms with Crippen LogP contribution in [0, 0.1) is 5.41 Å². The Morgan fingerprint density at radius 2 is 2.09 bits per heavy atom. The summed E-state index contributed by atoms with van der Waals surface area (Å²) in [7, 11) is 0. The summed E-state index contributed by atoms with van der Waals surface area (Å²) in [5.41, 5.74) is 0.589. The maximum atomic E-state index is 5.71. The van der Waals surface area contributed by atoms with Crippen molar-refractivity contribution in [3.05, 3.63) is 0 Å². The summed E-state index contributed by atoms with van der Waals surface area (Å²) in [6.45, 7) is 5.55. The molecule has 66 valence electrons. The van der Waals surface area contributed by atoms with Gasteiger partial charge in [-0.1, -0.05) is 13.8 Å². The fraction of sp³-hybridized carbons (Fsp3) is 1.00. The van der Waals surface area contributed by atoms with E-state index in [2.05, 4.69) is 19.2 Å². The molecule has 0 saturated heterocycles. The molecule has 1 N–H and O–H groups in total. The summed E-state index contributed by atoms with van der Waals surface area (Å²) < 4.78 is 0. The second-order valence-electron chi connectivity index (χ2n) is 3.97. The van der Waals surface area contributed by atoms with Gasteiger partial charge < -0.3 is 5.32 Å². The van der Waals surface area contributed by atoms with Gasteiger partial charge in [0, 0.05) is 18.5 Å². The minimum absolute atomic E-state index is 0.589. The summed E-state index contributed by atoms with van der Waals surface area (Å²) >= 11 is 5.71. The van der Waals surface area contributed by atoms with Crippen LogP contribution < -0.4 is 5.32 Å². The quantitative estimate of drug-likeness (QED) is 0.633. The number of hydrogen-bond donors (Lipinski definition) is 1. The first-order valence-electron chi connectivity index (χ1n) is 4.48. The standard InChI is InChI=1S/C9H18ClN/c1-8(2)11-7-9(3-4-9)5-6-10/h8,11H,3-7H2,1-2H3. The normalized spacial score (nSPS) is 20.7. The van der Waals surface area contributed by atoms with Gasteiger partial charge in [0.05, 0.1) is 0 Å². The van der Waals surface area contributed by atoms with Gasteiger partial charge in [-0.05, 0) is 24.7 Å². The second-order valence-corrected chi connectivity index (χ2v) is 4.35. The number of nitrogens with one attached hydrogen (secondary N) is 1. The maximum absolute atomic E-state index is 5.71. The minimum Gasteiger partial charge on any atom is -0.314 e. The minimum atomic E-state index is 0.589. The highest BCUT2D eigenvalue weighted by Crippen LogP contribution is 2.48. The van der Waals surface area contributed by atoms with Gasteiger partial charge in [-0.2, -0.15) is 0 Å². The van der Waals surface area contributed by atoms with E-state index >= 15 is 0 Å². The molecule has 1 aliphatic carbocycles. The van der Waals surface area contributed by atoms with E-state index in [-0.39, 0.29) is 0 Å². The molecule has 0 radical (unpaired) electrons. The first-order chi connectivity index (χ1) is 5.18. The van der Waals surface area contributed by atoms with Crippen LogP contribution in [0.15, 0.2) is 0 Å². The molecule has 2 heteroatoms. The molecule has 0 atom stereocenters. The lowest BCUT2D eigenvalue weighted by atomic mass is 10.0. The Balaban J connectivity index is 2.14. The van der Waals surface area contributed by atoms with E-state index in [1.54, 1.807) is 0 Å². The summed E-state index contributed by atoms with van der Waals surface area (Å²) in [5.74, 6) is 0.819. The van der Waals surface area contributed by atoms with Crippen LogP contribution in [-0.4, -0.2) is 18.5 Å². The Hall–Kier alpha value is 0.250. The lowest BCUT2D eigenvalue weighted by Gasteiger charge is -2.16. The van der Waals surface area contributed by atoms with Crippen molar-refractivity contribution in [3.8, 4) is 0 Å². The van der Waals surface area contributed by atoms with Gasteiger partial charge in [0.15, 0.2) is 0 Å². The van der Waals surface area contributed by atoms with Crippen molar-refractivity contribution in [1.82, 2.24) is 5.32 Å². The highest BCUT2D eigenvalue weighted by Gasteiger charge is 2.41. The van der Waals surface area contributed by atoms with Gasteiger partial charge in [0.25, 0.3) is 0 Å². The average molecular weight is 176 g/mol. The molecule has 0 aromatic rings. The highest BCUT2D eigenvalue weighted by molar-refractivity contribution is 6.17.